The molecular weight excluding hydrogens is 322 g/mol. The second kappa shape index (κ2) is 8.47. The predicted molar refractivity (Wildman–Crippen MR) is 106 cm³/mol. The minimum absolute atomic E-state index is 0.331. The zero-order valence-electron chi connectivity index (χ0n) is 15.7. The van der Waals surface area contributed by atoms with Gasteiger partial charge in [0.15, 0.2) is 0 Å². The third-order valence-corrected chi connectivity index (χ3v) is 5.35. The highest BCUT2D eigenvalue weighted by Gasteiger charge is 2.27. The number of nitrogens with two attached hydrogens (primary N) is 1. The lowest BCUT2D eigenvalue weighted by atomic mass is 9.94. The molecule has 4 nitrogen and oxygen atoms in total. The molecule has 1 amide bonds. The maximum Gasteiger partial charge on any atom is 0.239 e. The first-order chi connectivity index (χ1) is 12.6. The Hall–Kier alpha value is -2.17. The molecule has 0 fully saturated rings. The fraction of sp³-hybridized carbons (Fsp3) is 0.409. The van der Waals surface area contributed by atoms with Gasteiger partial charge in [-0.3, -0.25) is 9.69 Å². The molecule has 26 heavy (non-hydrogen) atoms. The summed E-state index contributed by atoms with van der Waals surface area (Å²) in [5.74, 6) is 0.153. The van der Waals surface area contributed by atoms with E-state index in [1.54, 1.807) is 0 Å². The van der Waals surface area contributed by atoms with Crippen LogP contribution < -0.4 is 11.1 Å². The molecule has 1 aliphatic rings. The highest BCUT2D eigenvalue weighted by atomic mass is 16.1. The summed E-state index contributed by atoms with van der Waals surface area (Å²) in [6, 6.07) is 18.3. The van der Waals surface area contributed by atoms with Crippen molar-refractivity contribution in [3.05, 3.63) is 71.3 Å². The first kappa shape index (κ1) is 18.6. The second-order valence-electron chi connectivity index (χ2n) is 7.45. The SMILES string of the molecule is CC(C)C(CNC(C(N)=O)c1ccccc1)N1CCc2ccccc2C1. The molecule has 2 atom stereocenters. The quantitative estimate of drug-likeness (QED) is 0.806. The Labute approximate surface area is 156 Å². The zero-order chi connectivity index (χ0) is 18.5. The maximum atomic E-state index is 12.0. The van der Waals surface area contributed by atoms with Crippen molar-refractivity contribution < 1.29 is 4.79 Å². The number of nitrogens with one attached hydrogen (secondary N) is 1. The van der Waals surface area contributed by atoms with Gasteiger partial charge in [-0.1, -0.05) is 68.4 Å². The van der Waals surface area contributed by atoms with Crippen LogP contribution in [0.4, 0.5) is 0 Å². The molecule has 0 bridgehead atoms. The Bertz CT molecular complexity index is 729. The van der Waals surface area contributed by atoms with Gasteiger partial charge in [-0.05, 0) is 29.0 Å². The van der Waals surface area contributed by atoms with Crippen molar-refractivity contribution in [3.8, 4) is 0 Å². The number of carbonyl (C=O) groups excluding carboxylic acids is 1. The number of benzene rings is 2. The third kappa shape index (κ3) is 4.32. The smallest absolute Gasteiger partial charge is 0.239 e. The molecule has 1 aliphatic heterocycles. The summed E-state index contributed by atoms with van der Waals surface area (Å²) in [7, 11) is 0. The first-order valence-corrected chi connectivity index (χ1v) is 9.44. The summed E-state index contributed by atoms with van der Waals surface area (Å²) in [5, 5.41) is 3.42. The van der Waals surface area contributed by atoms with E-state index in [1.165, 1.54) is 11.1 Å². The lowest BCUT2D eigenvalue weighted by molar-refractivity contribution is -0.120. The summed E-state index contributed by atoms with van der Waals surface area (Å²) < 4.78 is 0. The van der Waals surface area contributed by atoms with Gasteiger partial charge >= 0.3 is 0 Å². The van der Waals surface area contributed by atoms with Crippen molar-refractivity contribution in [2.75, 3.05) is 13.1 Å². The van der Waals surface area contributed by atoms with Gasteiger partial charge < -0.3 is 11.1 Å². The number of hydrogen-bond donors (Lipinski definition) is 2. The van der Waals surface area contributed by atoms with Crippen LogP contribution in [-0.2, 0) is 17.8 Å². The molecule has 0 aliphatic carbocycles. The number of hydrogen-bond acceptors (Lipinski definition) is 3. The van der Waals surface area contributed by atoms with Crippen molar-refractivity contribution in [2.45, 2.75) is 38.9 Å². The molecule has 3 N–H and O–H groups in total. The molecular formula is C22H29N3O. The molecule has 4 heteroatoms. The molecule has 3 rings (SSSR count). The number of primary amides is 1. The van der Waals surface area contributed by atoms with E-state index in [0.29, 0.717) is 12.0 Å². The molecule has 2 aromatic carbocycles. The highest BCUT2D eigenvalue weighted by molar-refractivity contribution is 5.81. The van der Waals surface area contributed by atoms with Crippen LogP contribution in [0, 0.1) is 5.92 Å². The van der Waals surface area contributed by atoms with Crippen molar-refractivity contribution in [1.29, 1.82) is 0 Å². The van der Waals surface area contributed by atoms with E-state index in [1.807, 2.05) is 30.3 Å². The van der Waals surface area contributed by atoms with Crippen molar-refractivity contribution in [2.24, 2.45) is 11.7 Å². The van der Waals surface area contributed by atoms with Crippen LogP contribution in [0.5, 0.6) is 0 Å². The molecule has 0 saturated heterocycles. The minimum Gasteiger partial charge on any atom is -0.368 e. The van der Waals surface area contributed by atoms with E-state index < -0.39 is 6.04 Å². The molecule has 0 spiro atoms. The fourth-order valence-corrected chi connectivity index (χ4v) is 3.85. The molecule has 138 valence electrons. The van der Waals surface area contributed by atoms with E-state index in [0.717, 1.165) is 31.6 Å². The Balaban J connectivity index is 1.70. The minimum atomic E-state index is -0.450. The van der Waals surface area contributed by atoms with Crippen LogP contribution in [0.25, 0.3) is 0 Å². The zero-order valence-corrected chi connectivity index (χ0v) is 15.7. The number of carbonyl (C=O) groups is 1. The van der Waals surface area contributed by atoms with Gasteiger partial charge in [0, 0.05) is 25.7 Å². The van der Waals surface area contributed by atoms with Crippen LogP contribution in [0.1, 0.15) is 36.6 Å². The molecule has 2 unspecified atom stereocenters. The van der Waals surface area contributed by atoms with Gasteiger partial charge in [-0.2, -0.15) is 0 Å². The Morgan fingerprint density at radius 2 is 1.73 bits per heavy atom. The largest absolute Gasteiger partial charge is 0.368 e. The van der Waals surface area contributed by atoms with Crippen LogP contribution in [-0.4, -0.2) is 29.9 Å². The monoisotopic (exact) mass is 351 g/mol. The summed E-state index contributed by atoms with van der Waals surface area (Å²) in [6.45, 7) is 7.24. The fourth-order valence-electron chi connectivity index (χ4n) is 3.85. The van der Waals surface area contributed by atoms with Crippen molar-refractivity contribution >= 4 is 5.91 Å². The normalized spacial score (nSPS) is 16.9. The van der Waals surface area contributed by atoms with Crippen LogP contribution in [0.2, 0.25) is 0 Å². The van der Waals surface area contributed by atoms with Crippen LogP contribution >= 0.6 is 0 Å². The summed E-state index contributed by atoms with van der Waals surface area (Å²) in [6.07, 6.45) is 1.08. The number of nitrogens with zero attached hydrogens (tertiary/aromatic N) is 1. The predicted octanol–water partition coefficient (Wildman–Crippen LogP) is 2.89. The topological polar surface area (TPSA) is 58.4 Å². The molecule has 2 aromatic rings. The second-order valence-corrected chi connectivity index (χ2v) is 7.45. The highest BCUT2D eigenvalue weighted by Crippen LogP contribution is 2.23. The van der Waals surface area contributed by atoms with Crippen LogP contribution in [0.3, 0.4) is 0 Å². The number of fused-ring (bicyclic) bond motifs is 1. The molecule has 0 aromatic heterocycles. The molecule has 0 saturated carbocycles. The average molecular weight is 351 g/mol. The van der Waals surface area contributed by atoms with E-state index in [-0.39, 0.29) is 5.91 Å². The first-order valence-electron chi connectivity index (χ1n) is 9.44. The van der Waals surface area contributed by atoms with E-state index >= 15 is 0 Å². The maximum absolute atomic E-state index is 12.0. The van der Waals surface area contributed by atoms with Gasteiger partial charge in [0.1, 0.15) is 6.04 Å². The summed E-state index contributed by atoms with van der Waals surface area (Å²) >= 11 is 0. The lowest BCUT2D eigenvalue weighted by Gasteiger charge is -2.38. The van der Waals surface area contributed by atoms with E-state index in [4.69, 9.17) is 5.73 Å². The Kier molecular flexibility index (Phi) is 6.07. The number of amides is 1. The Morgan fingerprint density at radius 1 is 1.08 bits per heavy atom. The Morgan fingerprint density at radius 3 is 2.38 bits per heavy atom. The number of rotatable bonds is 7. The van der Waals surface area contributed by atoms with Gasteiger partial charge in [0.05, 0.1) is 0 Å². The standard InChI is InChI=1S/C22H29N3O/c1-16(2)20(25-13-12-17-8-6-7-11-19(17)15-25)14-24-21(22(23)26)18-9-4-3-5-10-18/h3-11,16,20-21,24H,12-15H2,1-2H3,(H2,23,26). The average Bonchev–Trinajstić information content (AvgIpc) is 2.65. The van der Waals surface area contributed by atoms with Crippen molar-refractivity contribution in [3.63, 3.8) is 0 Å². The molecule has 1 heterocycles. The van der Waals surface area contributed by atoms with E-state index in [2.05, 4.69) is 48.3 Å². The van der Waals surface area contributed by atoms with Gasteiger partial charge in [0.25, 0.3) is 0 Å². The lowest BCUT2D eigenvalue weighted by Crippen LogP contribution is -2.49. The van der Waals surface area contributed by atoms with Gasteiger partial charge in [-0.15, -0.1) is 0 Å². The van der Waals surface area contributed by atoms with Crippen LogP contribution in [0.15, 0.2) is 54.6 Å². The van der Waals surface area contributed by atoms with Gasteiger partial charge in [-0.25, -0.2) is 0 Å². The summed E-state index contributed by atoms with van der Waals surface area (Å²) in [4.78, 5) is 14.5. The summed E-state index contributed by atoms with van der Waals surface area (Å²) in [5.41, 5.74) is 9.45. The third-order valence-electron chi connectivity index (χ3n) is 5.35. The van der Waals surface area contributed by atoms with Crippen molar-refractivity contribution in [1.82, 2.24) is 10.2 Å². The van der Waals surface area contributed by atoms with E-state index in [9.17, 15) is 4.79 Å². The molecule has 0 radical (unpaired) electrons. The van der Waals surface area contributed by atoms with Gasteiger partial charge in [0.2, 0.25) is 5.91 Å².